The summed E-state index contributed by atoms with van der Waals surface area (Å²) in [4.78, 5) is 20.9. The fourth-order valence-corrected chi connectivity index (χ4v) is 2.98. The van der Waals surface area contributed by atoms with E-state index in [1.807, 2.05) is 37.4 Å². The second-order valence-electron chi connectivity index (χ2n) is 5.21. The second kappa shape index (κ2) is 6.70. The van der Waals surface area contributed by atoms with Gasteiger partial charge < -0.3 is 5.32 Å². The number of nitrogens with zero attached hydrogens (tertiary/aromatic N) is 3. The minimum atomic E-state index is -0.0350. The van der Waals surface area contributed by atoms with E-state index < -0.39 is 0 Å². The van der Waals surface area contributed by atoms with Gasteiger partial charge in [-0.05, 0) is 26.0 Å². The van der Waals surface area contributed by atoms with Gasteiger partial charge in [0.05, 0.1) is 30.0 Å². The van der Waals surface area contributed by atoms with E-state index >= 15 is 0 Å². The molecule has 0 aliphatic carbocycles. The maximum absolute atomic E-state index is 12.1. The van der Waals surface area contributed by atoms with Gasteiger partial charge >= 0.3 is 0 Å². The Kier molecular flexibility index (Phi) is 4.47. The number of carbonyl (C=O) groups is 1. The lowest BCUT2D eigenvalue weighted by molar-refractivity contribution is -0.120. The normalized spacial score (nSPS) is 10.7. The van der Waals surface area contributed by atoms with Crippen LogP contribution in [-0.2, 0) is 17.8 Å². The van der Waals surface area contributed by atoms with Crippen LogP contribution in [0.2, 0.25) is 0 Å². The van der Waals surface area contributed by atoms with Crippen LogP contribution in [0.4, 0.5) is 0 Å². The largest absolute Gasteiger partial charge is 0.349 e. The first kappa shape index (κ1) is 15.4. The fourth-order valence-electron chi connectivity index (χ4n) is 2.26. The van der Waals surface area contributed by atoms with Gasteiger partial charge in [-0.3, -0.25) is 14.9 Å². The van der Waals surface area contributed by atoms with Gasteiger partial charge in [0.2, 0.25) is 5.91 Å². The third-order valence-electron chi connectivity index (χ3n) is 3.53. The van der Waals surface area contributed by atoms with Crippen LogP contribution < -0.4 is 5.32 Å². The number of hydrogen-bond donors (Lipinski definition) is 2. The van der Waals surface area contributed by atoms with Crippen LogP contribution in [0.15, 0.2) is 29.8 Å². The lowest BCUT2D eigenvalue weighted by Gasteiger charge is -2.03. The minimum Gasteiger partial charge on any atom is -0.349 e. The standard InChI is InChI=1S/C16H17N5OS/c1-10-12(11(2)21-20-10)7-15(22)18-8-16-19-14(9-23-16)13-5-3-4-6-17-13/h3-6,9H,7-8H2,1-2H3,(H,18,22)(H,20,21). The smallest absolute Gasteiger partial charge is 0.224 e. The molecule has 2 N–H and O–H groups in total. The van der Waals surface area contributed by atoms with Crippen LogP contribution in [0.25, 0.3) is 11.4 Å². The monoisotopic (exact) mass is 327 g/mol. The quantitative estimate of drug-likeness (QED) is 0.754. The number of H-pyrrole nitrogens is 1. The molecule has 0 bridgehead atoms. The number of aromatic nitrogens is 4. The molecule has 0 atom stereocenters. The van der Waals surface area contributed by atoms with E-state index in [1.165, 1.54) is 11.3 Å². The number of amides is 1. The Bertz CT molecular complexity index is 790. The molecule has 0 aliphatic rings. The molecule has 23 heavy (non-hydrogen) atoms. The van der Waals surface area contributed by atoms with Crippen LogP contribution >= 0.6 is 11.3 Å². The van der Waals surface area contributed by atoms with Gasteiger partial charge in [-0.25, -0.2) is 4.98 Å². The first-order valence-electron chi connectivity index (χ1n) is 7.26. The number of carbonyl (C=O) groups excluding carboxylic acids is 1. The van der Waals surface area contributed by atoms with Crippen molar-refractivity contribution in [3.8, 4) is 11.4 Å². The molecule has 3 heterocycles. The van der Waals surface area contributed by atoms with Gasteiger partial charge in [-0.15, -0.1) is 11.3 Å². The fraction of sp³-hybridized carbons (Fsp3) is 0.250. The zero-order valence-electron chi connectivity index (χ0n) is 13.0. The molecule has 0 saturated carbocycles. The number of rotatable bonds is 5. The molecule has 3 aromatic heterocycles. The van der Waals surface area contributed by atoms with Crippen molar-refractivity contribution in [1.29, 1.82) is 0 Å². The first-order chi connectivity index (χ1) is 11.1. The van der Waals surface area contributed by atoms with Gasteiger partial charge in [0.15, 0.2) is 0 Å². The summed E-state index contributed by atoms with van der Waals surface area (Å²) in [6.07, 6.45) is 2.07. The van der Waals surface area contributed by atoms with Crippen molar-refractivity contribution < 1.29 is 4.79 Å². The zero-order chi connectivity index (χ0) is 16.2. The van der Waals surface area contributed by atoms with Crippen LogP contribution in [0.3, 0.4) is 0 Å². The van der Waals surface area contributed by atoms with Crippen LogP contribution in [-0.4, -0.2) is 26.1 Å². The van der Waals surface area contributed by atoms with Gasteiger partial charge in [-0.1, -0.05) is 6.07 Å². The Labute approximate surface area is 138 Å². The number of aromatic amines is 1. The predicted molar refractivity (Wildman–Crippen MR) is 89.0 cm³/mol. The Hall–Kier alpha value is -2.54. The summed E-state index contributed by atoms with van der Waals surface area (Å²) < 4.78 is 0. The Morgan fingerprint density at radius 3 is 2.87 bits per heavy atom. The van der Waals surface area contributed by atoms with Crippen molar-refractivity contribution in [2.75, 3.05) is 0 Å². The molecule has 0 saturated heterocycles. The second-order valence-corrected chi connectivity index (χ2v) is 6.15. The van der Waals surface area contributed by atoms with E-state index in [-0.39, 0.29) is 5.91 Å². The van der Waals surface area contributed by atoms with Crippen molar-refractivity contribution in [3.05, 3.63) is 51.7 Å². The number of nitrogens with one attached hydrogen (secondary N) is 2. The lowest BCUT2D eigenvalue weighted by atomic mass is 10.1. The van der Waals surface area contributed by atoms with E-state index in [0.717, 1.165) is 33.3 Å². The highest BCUT2D eigenvalue weighted by Gasteiger charge is 2.12. The molecule has 6 nitrogen and oxygen atoms in total. The van der Waals surface area contributed by atoms with E-state index in [4.69, 9.17) is 0 Å². The van der Waals surface area contributed by atoms with Crippen molar-refractivity contribution in [2.45, 2.75) is 26.8 Å². The predicted octanol–water partition coefficient (Wildman–Crippen LogP) is 2.40. The highest BCUT2D eigenvalue weighted by molar-refractivity contribution is 7.09. The summed E-state index contributed by atoms with van der Waals surface area (Å²) in [5.74, 6) is -0.0350. The van der Waals surface area contributed by atoms with Gasteiger partial charge in [0.1, 0.15) is 5.01 Å². The molecule has 7 heteroatoms. The summed E-state index contributed by atoms with van der Waals surface area (Å²) >= 11 is 1.52. The van der Waals surface area contributed by atoms with Crippen LogP contribution in [0.5, 0.6) is 0 Å². The third-order valence-corrected chi connectivity index (χ3v) is 4.38. The number of thiazole rings is 1. The van der Waals surface area contributed by atoms with E-state index in [2.05, 4.69) is 25.5 Å². The van der Waals surface area contributed by atoms with Gasteiger partial charge in [0.25, 0.3) is 0 Å². The van der Waals surface area contributed by atoms with E-state index in [0.29, 0.717) is 13.0 Å². The molecular weight excluding hydrogens is 310 g/mol. The van der Waals surface area contributed by atoms with Crippen LogP contribution in [0.1, 0.15) is 22.0 Å². The molecule has 0 aliphatic heterocycles. The van der Waals surface area contributed by atoms with E-state index in [1.54, 1.807) is 6.20 Å². The summed E-state index contributed by atoms with van der Waals surface area (Å²) in [7, 11) is 0. The summed E-state index contributed by atoms with van der Waals surface area (Å²) in [6.45, 7) is 4.24. The average Bonchev–Trinajstić information content (AvgIpc) is 3.16. The van der Waals surface area contributed by atoms with Crippen molar-refractivity contribution in [1.82, 2.24) is 25.5 Å². The van der Waals surface area contributed by atoms with Gasteiger partial charge in [0, 0.05) is 22.8 Å². The van der Waals surface area contributed by atoms with Crippen molar-refractivity contribution in [3.63, 3.8) is 0 Å². The highest BCUT2D eigenvalue weighted by atomic mass is 32.1. The molecule has 0 radical (unpaired) electrons. The molecule has 0 aromatic carbocycles. The molecule has 0 spiro atoms. The Morgan fingerprint density at radius 2 is 2.17 bits per heavy atom. The maximum atomic E-state index is 12.1. The molecule has 3 aromatic rings. The van der Waals surface area contributed by atoms with Gasteiger partial charge in [-0.2, -0.15) is 5.10 Å². The third kappa shape index (κ3) is 3.62. The number of pyridine rings is 1. The molecule has 1 amide bonds. The number of hydrogen-bond acceptors (Lipinski definition) is 5. The summed E-state index contributed by atoms with van der Waals surface area (Å²) in [5, 5.41) is 12.7. The average molecular weight is 327 g/mol. The minimum absolute atomic E-state index is 0.0350. The molecule has 3 rings (SSSR count). The summed E-state index contributed by atoms with van der Waals surface area (Å²) in [5.41, 5.74) is 4.43. The van der Waals surface area contributed by atoms with Crippen molar-refractivity contribution >= 4 is 17.2 Å². The zero-order valence-corrected chi connectivity index (χ0v) is 13.8. The molecule has 0 unspecified atom stereocenters. The molecular formula is C16H17N5OS. The summed E-state index contributed by atoms with van der Waals surface area (Å²) in [6, 6.07) is 5.72. The van der Waals surface area contributed by atoms with Crippen LogP contribution in [0, 0.1) is 13.8 Å². The maximum Gasteiger partial charge on any atom is 0.224 e. The molecule has 0 fully saturated rings. The Morgan fingerprint density at radius 1 is 1.30 bits per heavy atom. The van der Waals surface area contributed by atoms with E-state index in [9.17, 15) is 4.79 Å². The SMILES string of the molecule is Cc1n[nH]c(C)c1CC(=O)NCc1nc(-c2ccccn2)cs1. The lowest BCUT2D eigenvalue weighted by Crippen LogP contribution is -2.24. The Balaban J connectivity index is 1.59. The number of aryl methyl sites for hydroxylation is 2. The first-order valence-corrected chi connectivity index (χ1v) is 8.14. The topological polar surface area (TPSA) is 83.6 Å². The molecule has 118 valence electrons. The van der Waals surface area contributed by atoms with Crippen molar-refractivity contribution in [2.24, 2.45) is 0 Å². The highest BCUT2D eigenvalue weighted by Crippen LogP contribution is 2.19.